The fourth-order valence-corrected chi connectivity index (χ4v) is 2.92. The van der Waals surface area contributed by atoms with Gasteiger partial charge in [-0.15, -0.1) is 0 Å². The highest BCUT2D eigenvalue weighted by Gasteiger charge is 2.27. The number of hydrogen-bond donors (Lipinski definition) is 1. The van der Waals surface area contributed by atoms with Crippen molar-refractivity contribution in [2.24, 2.45) is 5.92 Å². The lowest BCUT2D eigenvalue weighted by Crippen LogP contribution is -2.37. The SMILES string of the molecule is CCNC1CCCC1CN(C)Cc1ccco1. The average molecular weight is 236 g/mol. The molecule has 96 valence electrons. The van der Waals surface area contributed by atoms with Gasteiger partial charge in [0.05, 0.1) is 12.8 Å². The van der Waals surface area contributed by atoms with Crippen molar-refractivity contribution in [2.75, 3.05) is 20.1 Å². The van der Waals surface area contributed by atoms with Crippen LogP contribution in [0.2, 0.25) is 0 Å². The Morgan fingerprint density at radius 1 is 1.47 bits per heavy atom. The van der Waals surface area contributed by atoms with Crippen molar-refractivity contribution in [1.82, 2.24) is 10.2 Å². The molecule has 1 heterocycles. The number of furan rings is 1. The monoisotopic (exact) mass is 236 g/mol. The Kier molecular flexibility index (Phi) is 4.63. The summed E-state index contributed by atoms with van der Waals surface area (Å²) in [5, 5.41) is 3.61. The van der Waals surface area contributed by atoms with E-state index in [0.717, 1.165) is 30.8 Å². The Bertz CT molecular complexity index is 310. The minimum atomic E-state index is 0.721. The Labute approximate surface area is 104 Å². The van der Waals surface area contributed by atoms with Crippen LogP contribution in [0.25, 0.3) is 0 Å². The molecular formula is C14H24N2O. The zero-order valence-corrected chi connectivity index (χ0v) is 11.0. The summed E-state index contributed by atoms with van der Waals surface area (Å²) < 4.78 is 5.39. The molecule has 1 aliphatic carbocycles. The lowest BCUT2D eigenvalue weighted by molar-refractivity contribution is 0.231. The van der Waals surface area contributed by atoms with E-state index in [1.807, 2.05) is 12.1 Å². The van der Waals surface area contributed by atoms with E-state index in [-0.39, 0.29) is 0 Å². The summed E-state index contributed by atoms with van der Waals surface area (Å²) in [7, 11) is 2.18. The van der Waals surface area contributed by atoms with Crippen molar-refractivity contribution < 1.29 is 4.42 Å². The number of nitrogens with zero attached hydrogens (tertiary/aromatic N) is 1. The van der Waals surface area contributed by atoms with Crippen molar-refractivity contribution >= 4 is 0 Å². The Balaban J connectivity index is 1.79. The second kappa shape index (κ2) is 6.22. The average Bonchev–Trinajstić information content (AvgIpc) is 2.92. The zero-order valence-electron chi connectivity index (χ0n) is 11.0. The quantitative estimate of drug-likeness (QED) is 0.822. The summed E-state index contributed by atoms with van der Waals surface area (Å²) in [5.41, 5.74) is 0. The summed E-state index contributed by atoms with van der Waals surface area (Å²) >= 11 is 0. The van der Waals surface area contributed by atoms with Crippen LogP contribution in [0.1, 0.15) is 31.9 Å². The van der Waals surface area contributed by atoms with E-state index in [1.165, 1.54) is 25.8 Å². The molecule has 0 aliphatic heterocycles. The van der Waals surface area contributed by atoms with Crippen LogP contribution in [-0.4, -0.2) is 31.1 Å². The maximum absolute atomic E-state index is 5.39. The molecule has 0 spiro atoms. The van der Waals surface area contributed by atoms with E-state index in [0.29, 0.717) is 0 Å². The third-order valence-electron chi connectivity index (χ3n) is 3.68. The molecule has 0 bridgehead atoms. The first-order chi connectivity index (χ1) is 8.29. The summed E-state index contributed by atoms with van der Waals surface area (Å²) in [5.74, 6) is 1.86. The van der Waals surface area contributed by atoms with Crippen molar-refractivity contribution in [3.05, 3.63) is 24.2 Å². The van der Waals surface area contributed by atoms with Gasteiger partial charge in [-0.25, -0.2) is 0 Å². The molecule has 2 atom stereocenters. The molecule has 0 aromatic carbocycles. The number of nitrogens with one attached hydrogen (secondary N) is 1. The molecule has 1 aromatic rings. The predicted octanol–water partition coefficient (Wildman–Crippen LogP) is 2.49. The van der Waals surface area contributed by atoms with Gasteiger partial charge in [-0.1, -0.05) is 13.3 Å². The van der Waals surface area contributed by atoms with Crippen molar-refractivity contribution in [3.63, 3.8) is 0 Å². The number of rotatable bonds is 6. The van der Waals surface area contributed by atoms with Crippen LogP contribution >= 0.6 is 0 Å². The minimum Gasteiger partial charge on any atom is -0.468 e. The second-order valence-corrected chi connectivity index (χ2v) is 5.13. The molecule has 1 saturated carbocycles. The van der Waals surface area contributed by atoms with Crippen molar-refractivity contribution in [2.45, 2.75) is 38.8 Å². The van der Waals surface area contributed by atoms with E-state index >= 15 is 0 Å². The highest BCUT2D eigenvalue weighted by molar-refractivity contribution is 4.98. The molecule has 17 heavy (non-hydrogen) atoms. The molecule has 0 amide bonds. The molecule has 1 aliphatic rings. The standard InChI is InChI=1S/C14H24N2O/c1-3-15-14-8-4-6-12(14)10-16(2)11-13-7-5-9-17-13/h5,7,9,12,14-15H,3-4,6,8,10-11H2,1-2H3. The highest BCUT2D eigenvalue weighted by Crippen LogP contribution is 2.26. The van der Waals surface area contributed by atoms with Gasteiger partial charge in [0.15, 0.2) is 0 Å². The largest absolute Gasteiger partial charge is 0.468 e. The van der Waals surface area contributed by atoms with Crippen LogP contribution in [0.15, 0.2) is 22.8 Å². The minimum absolute atomic E-state index is 0.721. The fourth-order valence-electron chi connectivity index (χ4n) is 2.92. The lowest BCUT2D eigenvalue weighted by atomic mass is 10.0. The summed E-state index contributed by atoms with van der Waals surface area (Å²) in [6.45, 7) is 5.37. The van der Waals surface area contributed by atoms with Crippen LogP contribution in [0.5, 0.6) is 0 Å². The van der Waals surface area contributed by atoms with Gasteiger partial charge in [0.2, 0.25) is 0 Å². The zero-order chi connectivity index (χ0) is 12.1. The summed E-state index contributed by atoms with van der Waals surface area (Å²) in [6.07, 6.45) is 5.82. The maximum atomic E-state index is 5.39. The molecule has 2 rings (SSSR count). The third kappa shape index (κ3) is 3.58. The highest BCUT2D eigenvalue weighted by atomic mass is 16.3. The maximum Gasteiger partial charge on any atom is 0.117 e. The molecular weight excluding hydrogens is 212 g/mol. The number of hydrogen-bond acceptors (Lipinski definition) is 3. The van der Waals surface area contributed by atoms with E-state index in [1.54, 1.807) is 6.26 Å². The lowest BCUT2D eigenvalue weighted by Gasteiger charge is -2.25. The van der Waals surface area contributed by atoms with Crippen LogP contribution in [-0.2, 0) is 6.54 Å². The smallest absolute Gasteiger partial charge is 0.117 e. The van der Waals surface area contributed by atoms with Gasteiger partial charge in [0.1, 0.15) is 5.76 Å². The first-order valence-corrected chi connectivity index (χ1v) is 6.74. The van der Waals surface area contributed by atoms with E-state index in [2.05, 4.69) is 24.2 Å². The molecule has 2 unspecified atom stereocenters. The van der Waals surface area contributed by atoms with Crippen molar-refractivity contribution in [3.8, 4) is 0 Å². The van der Waals surface area contributed by atoms with E-state index in [4.69, 9.17) is 4.42 Å². The molecule has 1 fully saturated rings. The van der Waals surface area contributed by atoms with Crippen LogP contribution in [0.4, 0.5) is 0 Å². The van der Waals surface area contributed by atoms with Gasteiger partial charge in [0, 0.05) is 12.6 Å². The third-order valence-corrected chi connectivity index (χ3v) is 3.68. The topological polar surface area (TPSA) is 28.4 Å². The van der Waals surface area contributed by atoms with Crippen LogP contribution < -0.4 is 5.32 Å². The van der Waals surface area contributed by atoms with Gasteiger partial charge >= 0.3 is 0 Å². The Morgan fingerprint density at radius 2 is 2.35 bits per heavy atom. The Morgan fingerprint density at radius 3 is 3.06 bits per heavy atom. The van der Waals surface area contributed by atoms with Gasteiger partial charge in [-0.3, -0.25) is 4.90 Å². The van der Waals surface area contributed by atoms with Crippen molar-refractivity contribution in [1.29, 1.82) is 0 Å². The molecule has 3 nitrogen and oxygen atoms in total. The predicted molar refractivity (Wildman–Crippen MR) is 69.8 cm³/mol. The first kappa shape index (κ1) is 12.7. The van der Waals surface area contributed by atoms with E-state index < -0.39 is 0 Å². The van der Waals surface area contributed by atoms with Gasteiger partial charge < -0.3 is 9.73 Å². The first-order valence-electron chi connectivity index (χ1n) is 6.74. The normalized spacial score (nSPS) is 24.6. The molecule has 1 aromatic heterocycles. The molecule has 3 heteroatoms. The van der Waals surface area contributed by atoms with Gasteiger partial charge in [-0.05, 0) is 44.5 Å². The van der Waals surface area contributed by atoms with Gasteiger partial charge in [0.25, 0.3) is 0 Å². The van der Waals surface area contributed by atoms with E-state index in [9.17, 15) is 0 Å². The Hall–Kier alpha value is -0.800. The molecule has 0 radical (unpaired) electrons. The fraction of sp³-hybridized carbons (Fsp3) is 0.714. The van der Waals surface area contributed by atoms with Crippen LogP contribution in [0, 0.1) is 5.92 Å². The summed E-state index contributed by atoms with van der Waals surface area (Å²) in [6, 6.07) is 4.73. The second-order valence-electron chi connectivity index (χ2n) is 5.13. The molecule has 1 N–H and O–H groups in total. The summed E-state index contributed by atoms with van der Waals surface area (Å²) in [4.78, 5) is 2.37. The van der Waals surface area contributed by atoms with Crippen LogP contribution in [0.3, 0.4) is 0 Å². The van der Waals surface area contributed by atoms with Gasteiger partial charge in [-0.2, -0.15) is 0 Å². The molecule has 0 saturated heterocycles.